The van der Waals surface area contributed by atoms with Gasteiger partial charge in [0.15, 0.2) is 0 Å². The number of hydrogen-bond donors (Lipinski definition) is 1. The van der Waals surface area contributed by atoms with Gasteiger partial charge in [-0.1, -0.05) is 30.3 Å². The fourth-order valence-corrected chi connectivity index (χ4v) is 3.75. The van der Waals surface area contributed by atoms with Gasteiger partial charge in [-0.05, 0) is 54.5 Å². The van der Waals surface area contributed by atoms with Crippen molar-refractivity contribution in [2.24, 2.45) is 0 Å². The number of ether oxygens (including phenoxy) is 1. The van der Waals surface area contributed by atoms with Crippen molar-refractivity contribution >= 4 is 16.8 Å². The van der Waals surface area contributed by atoms with Crippen LogP contribution >= 0.6 is 0 Å². The van der Waals surface area contributed by atoms with Crippen LogP contribution in [0.25, 0.3) is 10.9 Å². The molecule has 0 bridgehead atoms. The standard InChI is InChI=1S/C23H23FN2O3/c1-15-4-2-5-17-12-18(22(27)25-21(15)17)14-26(23(28)20-6-3-11-29-20)13-16-7-9-19(24)10-8-16/h2,4-5,7-10,12,20H,3,6,11,13-14H2,1H3,(H,25,27)/t20-/m0/s1. The van der Waals surface area contributed by atoms with E-state index in [9.17, 15) is 14.0 Å². The second-order valence-electron chi connectivity index (χ2n) is 7.49. The van der Waals surface area contributed by atoms with Gasteiger partial charge in [0.05, 0.1) is 12.1 Å². The molecule has 1 saturated heterocycles. The average molecular weight is 394 g/mol. The topological polar surface area (TPSA) is 62.4 Å². The lowest BCUT2D eigenvalue weighted by Gasteiger charge is -2.25. The van der Waals surface area contributed by atoms with Crippen molar-refractivity contribution < 1.29 is 13.9 Å². The van der Waals surface area contributed by atoms with Gasteiger partial charge in [-0.3, -0.25) is 9.59 Å². The fourth-order valence-electron chi connectivity index (χ4n) is 3.75. The molecule has 0 saturated carbocycles. The van der Waals surface area contributed by atoms with Crippen LogP contribution in [0.5, 0.6) is 0 Å². The fraction of sp³-hybridized carbons (Fsp3) is 0.304. The number of amides is 1. The van der Waals surface area contributed by atoms with Gasteiger partial charge in [0.25, 0.3) is 11.5 Å². The molecule has 5 nitrogen and oxygen atoms in total. The van der Waals surface area contributed by atoms with E-state index in [-0.39, 0.29) is 30.4 Å². The molecule has 29 heavy (non-hydrogen) atoms. The Morgan fingerprint density at radius 2 is 2.00 bits per heavy atom. The molecule has 1 N–H and O–H groups in total. The Kier molecular flexibility index (Phi) is 5.45. The number of carbonyl (C=O) groups is 1. The van der Waals surface area contributed by atoms with Gasteiger partial charge in [-0.2, -0.15) is 0 Å². The van der Waals surface area contributed by atoms with Crippen LogP contribution in [-0.2, 0) is 22.6 Å². The van der Waals surface area contributed by atoms with E-state index in [0.29, 0.717) is 18.6 Å². The van der Waals surface area contributed by atoms with Gasteiger partial charge >= 0.3 is 0 Å². The molecule has 0 radical (unpaired) electrons. The zero-order valence-corrected chi connectivity index (χ0v) is 16.3. The van der Waals surface area contributed by atoms with Crippen molar-refractivity contribution in [2.75, 3.05) is 6.61 Å². The summed E-state index contributed by atoms with van der Waals surface area (Å²) in [6.45, 7) is 2.95. The summed E-state index contributed by atoms with van der Waals surface area (Å²) in [5.74, 6) is -0.470. The van der Waals surface area contributed by atoms with Gasteiger partial charge in [-0.25, -0.2) is 4.39 Å². The Balaban J connectivity index is 1.66. The first kappa shape index (κ1) is 19.3. The Hall–Kier alpha value is -2.99. The van der Waals surface area contributed by atoms with E-state index in [1.807, 2.05) is 31.2 Å². The molecule has 1 aliphatic heterocycles. The maximum atomic E-state index is 13.3. The first-order valence-corrected chi connectivity index (χ1v) is 9.77. The summed E-state index contributed by atoms with van der Waals surface area (Å²) >= 11 is 0. The minimum Gasteiger partial charge on any atom is -0.368 e. The van der Waals surface area contributed by atoms with Gasteiger partial charge in [0.2, 0.25) is 0 Å². The van der Waals surface area contributed by atoms with Crippen molar-refractivity contribution in [3.63, 3.8) is 0 Å². The summed E-state index contributed by atoms with van der Waals surface area (Å²) < 4.78 is 18.8. The number of aromatic nitrogens is 1. The second-order valence-corrected chi connectivity index (χ2v) is 7.49. The number of benzene rings is 2. The highest BCUT2D eigenvalue weighted by molar-refractivity contribution is 5.83. The molecule has 1 atom stereocenters. The molecule has 1 aliphatic rings. The highest BCUT2D eigenvalue weighted by Gasteiger charge is 2.29. The first-order chi connectivity index (χ1) is 14.0. The molecule has 6 heteroatoms. The number of para-hydroxylation sites is 1. The van der Waals surface area contributed by atoms with Gasteiger partial charge in [-0.15, -0.1) is 0 Å². The number of rotatable bonds is 5. The van der Waals surface area contributed by atoms with Crippen LogP contribution in [0.1, 0.15) is 29.5 Å². The van der Waals surface area contributed by atoms with E-state index >= 15 is 0 Å². The number of aromatic amines is 1. The predicted octanol–water partition coefficient (Wildman–Crippen LogP) is 3.68. The Labute approximate surface area is 168 Å². The van der Waals surface area contributed by atoms with Gasteiger partial charge in [0, 0.05) is 18.7 Å². The monoisotopic (exact) mass is 394 g/mol. The average Bonchev–Trinajstić information content (AvgIpc) is 3.25. The third kappa shape index (κ3) is 4.22. The third-order valence-corrected chi connectivity index (χ3v) is 5.33. The smallest absolute Gasteiger partial charge is 0.253 e. The maximum Gasteiger partial charge on any atom is 0.253 e. The van der Waals surface area contributed by atoms with Crippen LogP contribution in [0.2, 0.25) is 0 Å². The minimum atomic E-state index is -0.489. The summed E-state index contributed by atoms with van der Waals surface area (Å²) in [6.07, 6.45) is 1.03. The molecule has 4 rings (SSSR count). The van der Waals surface area contributed by atoms with Crippen molar-refractivity contribution in [2.45, 2.75) is 39.0 Å². The number of pyridine rings is 1. The SMILES string of the molecule is Cc1cccc2cc(CN(Cc3ccc(F)cc3)C(=O)[C@@H]3CCCO3)c(=O)[nH]c12. The van der Waals surface area contributed by atoms with Gasteiger partial charge in [0.1, 0.15) is 11.9 Å². The molecule has 1 amide bonds. The summed E-state index contributed by atoms with van der Waals surface area (Å²) in [5, 5.41) is 0.922. The summed E-state index contributed by atoms with van der Waals surface area (Å²) in [4.78, 5) is 30.3. The van der Waals surface area contributed by atoms with E-state index < -0.39 is 6.10 Å². The van der Waals surface area contributed by atoms with Crippen molar-refractivity contribution in [3.05, 3.63) is 81.4 Å². The number of fused-ring (bicyclic) bond motifs is 1. The number of nitrogens with zero attached hydrogens (tertiary/aromatic N) is 1. The number of nitrogens with one attached hydrogen (secondary N) is 1. The van der Waals surface area contributed by atoms with Crippen LogP contribution in [0.3, 0.4) is 0 Å². The second kappa shape index (κ2) is 8.17. The summed E-state index contributed by atoms with van der Waals surface area (Å²) in [7, 11) is 0. The van der Waals surface area contributed by atoms with Gasteiger partial charge < -0.3 is 14.6 Å². The molecule has 0 aliphatic carbocycles. The molecular weight excluding hydrogens is 371 g/mol. The van der Waals surface area contributed by atoms with Crippen LogP contribution in [0.15, 0.2) is 53.3 Å². The van der Waals surface area contributed by atoms with Crippen LogP contribution in [0.4, 0.5) is 4.39 Å². The lowest BCUT2D eigenvalue weighted by atomic mass is 10.1. The third-order valence-electron chi connectivity index (χ3n) is 5.33. The first-order valence-electron chi connectivity index (χ1n) is 9.77. The number of aryl methyl sites for hydroxylation is 1. The molecule has 1 aromatic heterocycles. The van der Waals surface area contributed by atoms with Crippen molar-refractivity contribution in [3.8, 4) is 0 Å². The Morgan fingerprint density at radius 1 is 1.21 bits per heavy atom. The quantitative estimate of drug-likeness (QED) is 0.718. The minimum absolute atomic E-state index is 0.143. The normalized spacial score (nSPS) is 16.3. The maximum absolute atomic E-state index is 13.3. The van der Waals surface area contributed by atoms with E-state index in [0.717, 1.165) is 28.5 Å². The molecule has 3 aromatic rings. The van der Waals surface area contributed by atoms with Crippen molar-refractivity contribution in [1.29, 1.82) is 0 Å². The predicted molar refractivity (Wildman–Crippen MR) is 109 cm³/mol. The highest BCUT2D eigenvalue weighted by Crippen LogP contribution is 2.20. The summed E-state index contributed by atoms with van der Waals surface area (Å²) in [6, 6.07) is 13.7. The zero-order valence-electron chi connectivity index (χ0n) is 16.3. The van der Waals surface area contributed by atoms with E-state index in [1.165, 1.54) is 12.1 Å². The largest absolute Gasteiger partial charge is 0.368 e. The number of halogens is 1. The number of hydrogen-bond acceptors (Lipinski definition) is 3. The van der Waals surface area contributed by atoms with E-state index in [4.69, 9.17) is 4.74 Å². The molecular formula is C23H23FN2O3. The zero-order chi connectivity index (χ0) is 20.4. The van der Waals surface area contributed by atoms with E-state index in [1.54, 1.807) is 17.0 Å². The van der Waals surface area contributed by atoms with Crippen LogP contribution in [-0.4, -0.2) is 28.5 Å². The van der Waals surface area contributed by atoms with Crippen molar-refractivity contribution in [1.82, 2.24) is 9.88 Å². The van der Waals surface area contributed by atoms with Crippen LogP contribution in [0, 0.1) is 12.7 Å². The molecule has 2 aromatic carbocycles. The molecule has 2 heterocycles. The summed E-state index contributed by atoms with van der Waals surface area (Å²) in [5.41, 5.74) is 2.89. The Morgan fingerprint density at radius 3 is 2.72 bits per heavy atom. The highest BCUT2D eigenvalue weighted by atomic mass is 19.1. The van der Waals surface area contributed by atoms with Crippen LogP contribution < -0.4 is 5.56 Å². The molecule has 0 unspecified atom stereocenters. The lowest BCUT2D eigenvalue weighted by molar-refractivity contribution is -0.142. The number of H-pyrrole nitrogens is 1. The number of carbonyl (C=O) groups excluding carboxylic acids is 1. The molecule has 1 fully saturated rings. The van der Waals surface area contributed by atoms with E-state index in [2.05, 4.69) is 4.98 Å². The molecule has 150 valence electrons. The molecule has 0 spiro atoms. The Bertz CT molecular complexity index is 1090. The lowest BCUT2D eigenvalue weighted by Crippen LogP contribution is -2.39.